The number of nitrogens with zero attached hydrogens (tertiary/aromatic N) is 1. The first-order valence-corrected chi connectivity index (χ1v) is 7.03. The predicted molar refractivity (Wildman–Crippen MR) is 77.3 cm³/mol. The van der Waals surface area contributed by atoms with Crippen LogP contribution in [0.4, 0.5) is 18.9 Å². The van der Waals surface area contributed by atoms with Gasteiger partial charge in [0.2, 0.25) is 0 Å². The van der Waals surface area contributed by atoms with Crippen LogP contribution in [0.2, 0.25) is 0 Å². The topological polar surface area (TPSA) is 3.24 Å². The first-order valence-electron chi connectivity index (χ1n) is 7.03. The zero-order valence-corrected chi connectivity index (χ0v) is 11.5. The monoisotopic (exact) mass is 291 g/mol. The average Bonchev–Trinajstić information content (AvgIpc) is 2.47. The van der Waals surface area contributed by atoms with Crippen molar-refractivity contribution >= 4 is 5.69 Å². The van der Waals surface area contributed by atoms with Crippen molar-refractivity contribution < 1.29 is 13.2 Å². The summed E-state index contributed by atoms with van der Waals surface area (Å²) < 4.78 is 38.3. The molecule has 0 spiro atoms. The number of hydrogen-bond donors (Lipinski definition) is 0. The Balaban J connectivity index is 1.85. The molecule has 0 saturated heterocycles. The molecule has 1 heterocycles. The van der Waals surface area contributed by atoms with Gasteiger partial charge in [0.1, 0.15) is 0 Å². The molecule has 21 heavy (non-hydrogen) atoms. The fraction of sp³-hybridized carbons (Fsp3) is 0.294. The SMILES string of the molecule is FC(F)(F)c1cccc(CN2CCCc3ccccc32)c1. The van der Waals surface area contributed by atoms with E-state index in [2.05, 4.69) is 11.0 Å². The average molecular weight is 291 g/mol. The molecular weight excluding hydrogens is 275 g/mol. The standard InChI is InChI=1S/C17H16F3N/c18-17(19,20)15-8-3-5-13(11-15)12-21-10-4-7-14-6-1-2-9-16(14)21/h1-3,5-6,8-9,11H,4,7,10,12H2. The van der Waals surface area contributed by atoms with Gasteiger partial charge in [0.25, 0.3) is 0 Å². The van der Waals surface area contributed by atoms with Gasteiger partial charge in [0, 0.05) is 18.8 Å². The minimum atomic E-state index is -4.28. The highest BCUT2D eigenvalue weighted by molar-refractivity contribution is 5.55. The third-order valence-corrected chi connectivity index (χ3v) is 3.83. The van der Waals surface area contributed by atoms with Crippen LogP contribution in [0.5, 0.6) is 0 Å². The van der Waals surface area contributed by atoms with E-state index in [0.717, 1.165) is 31.1 Å². The van der Waals surface area contributed by atoms with Crippen LogP contribution in [-0.4, -0.2) is 6.54 Å². The Morgan fingerprint density at radius 1 is 1.00 bits per heavy atom. The van der Waals surface area contributed by atoms with Gasteiger partial charge < -0.3 is 4.90 Å². The molecule has 110 valence electrons. The summed E-state index contributed by atoms with van der Waals surface area (Å²) >= 11 is 0. The van der Waals surface area contributed by atoms with Crippen molar-refractivity contribution in [3.8, 4) is 0 Å². The minimum Gasteiger partial charge on any atom is -0.367 e. The second-order valence-corrected chi connectivity index (χ2v) is 5.35. The van der Waals surface area contributed by atoms with Crippen molar-refractivity contribution in [2.75, 3.05) is 11.4 Å². The fourth-order valence-electron chi connectivity index (χ4n) is 2.84. The Hall–Kier alpha value is -1.97. The van der Waals surface area contributed by atoms with Gasteiger partial charge in [0.15, 0.2) is 0 Å². The van der Waals surface area contributed by atoms with Gasteiger partial charge in [-0.2, -0.15) is 13.2 Å². The number of hydrogen-bond acceptors (Lipinski definition) is 1. The highest BCUT2D eigenvalue weighted by Gasteiger charge is 2.30. The van der Waals surface area contributed by atoms with Crippen LogP contribution in [0.15, 0.2) is 48.5 Å². The molecule has 1 nitrogen and oxygen atoms in total. The molecular formula is C17H16F3N. The molecule has 0 unspecified atom stereocenters. The summed E-state index contributed by atoms with van der Waals surface area (Å²) in [5.74, 6) is 0. The van der Waals surface area contributed by atoms with E-state index >= 15 is 0 Å². The molecule has 1 aliphatic rings. The Kier molecular flexibility index (Phi) is 3.62. The number of aryl methyl sites for hydroxylation is 1. The Morgan fingerprint density at radius 3 is 2.62 bits per heavy atom. The molecule has 4 heteroatoms. The van der Waals surface area contributed by atoms with Crippen LogP contribution < -0.4 is 4.90 Å². The Bertz CT molecular complexity index is 634. The van der Waals surface area contributed by atoms with Crippen molar-refractivity contribution in [2.24, 2.45) is 0 Å². The van der Waals surface area contributed by atoms with Gasteiger partial charge in [-0.3, -0.25) is 0 Å². The lowest BCUT2D eigenvalue weighted by Gasteiger charge is -2.31. The van der Waals surface area contributed by atoms with Crippen LogP contribution in [0, 0.1) is 0 Å². The summed E-state index contributed by atoms with van der Waals surface area (Å²) in [4.78, 5) is 2.16. The van der Waals surface area contributed by atoms with E-state index in [1.165, 1.54) is 17.7 Å². The minimum absolute atomic E-state index is 0.515. The summed E-state index contributed by atoms with van der Waals surface area (Å²) in [5.41, 5.74) is 2.53. The molecule has 1 aliphatic heterocycles. The zero-order chi connectivity index (χ0) is 14.9. The molecule has 0 atom stereocenters. The molecule has 0 amide bonds. The second kappa shape index (κ2) is 5.43. The molecule has 3 rings (SSSR count). The van der Waals surface area contributed by atoms with Crippen molar-refractivity contribution in [3.63, 3.8) is 0 Å². The number of anilines is 1. The van der Waals surface area contributed by atoms with Crippen molar-refractivity contribution in [1.82, 2.24) is 0 Å². The van der Waals surface area contributed by atoms with E-state index in [9.17, 15) is 13.2 Å². The maximum Gasteiger partial charge on any atom is 0.416 e. The normalized spacial score (nSPS) is 14.9. The molecule has 2 aromatic rings. The van der Waals surface area contributed by atoms with Crippen molar-refractivity contribution in [3.05, 3.63) is 65.2 Å². The number of halogens is 3. The van der Waals surface area contributed by atoms with Gasteiger partial charge in [-0.05, 0) is 42.2 Å². The first kappa shape index (κ1) is 14.0. The quantitative estimate of drug-likeness (QED) is 0.778. The van der Waals surface area contributed by atoms with Crippen molar-refractivity contribution in [2.45, 2.75) is 25.6 Å². The van der Waals surface area contributed by atoms with E-state index in [0.29, 0.717) is 12.1 Å². The molecule has 2 aromatic carbocycles. The Morgan fingerprint density at radius 2 is 1.81 bits per heavy atom. The van der Waals surface area contributed by atoms with E-state index in [1.807, 2.05) is 18.2 Å². The number of para-hydroxylation sites is 1. The molecule has 0 N–H and O–H groups in total. The summed E-state index contributed by atoms with van der Waals surface area (Å²) in [7, 11) is 0. The fourth-order valence-corrected chi connectivity index (χ4v) is 2.84. The van der Waals surface area contributed by atoms with Crippen LogP contribution >= 0.6 is 0 Å². The molecule has 0 fully saturated rings. The van der Waals surface area contributed by atoms with Crippen LogP contribution in [0.1, 0.15) is 23.1 Å². The van der Waals surface area contributed by atoms with Crippen LogP contribution in [0.25, 0.3) is 0 Å². The van der Waals surface area contributed by atoms with Crippen molar-refractivity contribution in [1.29, 1.82) is 0 Å². The highest BCUT2D eigenvalue weighted by Crippen LogP contribution is 2.31. The zero-order valence-electron chi connectivity index (χ0n) is 11.5. The van der Waals surface area contributed by atoms with Crippen LogP contribution in [-0.2, 0) is 19.1 Å². The Labute approximate surface area is 122 Å². The van der Waals surface area contributed by atoms with E-state index in [-0.39, 0.29) is 0 Å². The van der Waals surface area contributed by atoms with Gasteiger partial charge in [-0.15, -0.1) is 0 Å². The van der Waals surface area contributed by atoms with Gasteiger partial charge in [0.05, 0.1) is 5.56 Å². The highest BCUT2D eigenvalue weighted by atomic mass is 19.4. The lowest BCUT2D eigenvalue weighted by molar-refractivity contribution is -0.137. The lowest BCUT2D eigenvalue weighted by Crippen LogP contribution is -2.28. The molecule has 0 bridgehead atoms. The maximum atomic E-state index is 12.8. The summed E-state index contributed by atoms with van der Waals surface area (Å²) in [6.07, 6.45) is -2.21. The largest absolute Gasteiger partial charge is 0.416 e. The summed E-state index contributed by atoms with van der Waals surface area (Å²) in [6, 6.07) is 13.7. The number of fused-ring (bicyclic) bond motifs is 1. The third kappa shape index (κ3) is 3.04. The summed E-state index contributed by atoms with van der Waals surface area (Å²) in [6.45, 7) is 1.40. The number of rotatable bonds is 2. The van der Waals surface area contributed by atoms with E-state index in [1.54, 1.807) is 6.07 Å². The second-order valence-electron chi connectivity index (χ2n) is 5.35. The molecule has 0 aliphatic carbocycles. The van der Waals surface area contributed by atoms with Crippen LogP contribution in [0.3, 0.4) is 0 Å². The van der Waals surface area contributed by atoms with E-state index in [4.69, 9.17) is 0 Å². The van der Waals surface area contributed by atoms with Gasteiger partial charge >= 0.3 is 6.18 Å². The lowest BCUT2D eigenvalue weighted by atomic mass is 10.0. The molecule has 0 radical (unpaired) electrons. The molecule has 0 aromatic heterocycles. The number of benzene rings is 2. The summed E-state index contributed by atoms with van der Waals surface area (Å²) in [5, 5.41) is 0. The molecule has 0 saturated carbocycles. The maximum absolute atomic E-state index is 12.8. The smallest absolute Gasteiger partial charge is 0.367 e. The first-order chi connectivity index (χ1) is 10.0. The number of alkyl halides is 3. The third-order valence-electron chi connectivity index (χ3n) is 3.83. The predicted octanol–water partition coefficient (Wildman–Crippen LogP) is 4.66. The van der Waals surface area contributed by atoms with Gasteiger partial charge in [-0.1, -0.05) is 30.3 Å². The van der Waals surface area contributed by atoms with Gasteiger partial charge in [-0.25, -0.2) is 0 Å². The van der Waals surface area contributed by atoms with E-state index < -0.39 is 11.7 Å².